The first-order valence-corrected chi connectivity index (χ1v) is 9.68. The summed E-state index contributed by atoms with van der Waals surface area (Å²) in [6, 6.07) is 19.0. The summed E-state index contributed by atoms with van der Waals surface area (Å²) in [5, 5.41) is 1.97. The zero-order chi connectivity index (χ0) is 16.7. The lowest BCUT2D eigenvalue weighted by molar-refractivity contribution is 0.593. The maximum Gasteiger partial charge on any atom is 0.264 e. The molecule has 3 aromatic rings. The molecule has 0 heterocycles. The highest BCUT2D eigenvalue weighted by atomic mass is 32.2. The topological polar surface area (TPSA) is 37.4 Å². The fraction of sp³-hybridized carbons (Fsp3) is 0.200. The van der Waals surface area contributed by atoms with E-state index in [0.717, 1.165) is 23.6 Å². The normalized spacial score (nSPS) is 13.4. The predicted octanol–water partition coefficient (Wildman–Crippen LogP) is 4.15. The summed E-state index contributed by atoms with van der Waals surface area (Å²) in [6.07, 6.45) is 1.98. The maximum atomic E-state index is 13.3. The van der Waals surface area contributed by atoms with Crippen LogP contribution in [0.2, 0.25) is 0 Å². The molecule has 24 heavy (non-hydrogen) atoms. The maximum absolute atomic E-state index is 13.3. The minimum atomic E-state index is -3.60. The first-order chi connectivity index (χ1) is 11.6. The van der Waals surface area contributed by atoms with E-state index in [0.29, 0.717) is 17.1 Å². The summed E-state index contributed by atoms with van der Waals surface area (Å²) in [6.45, 7) is 2.26. The van der Waals surface area contributed by atoms with Gasteiger partial charge >= 0.3 is 0 Å². The zero-order valence-corrected chi connectivity index (χ0v) is 14.4. The van der Waals surface area contributed by atoms with Gasteiger partial charge in [0.15, 0.2) is 0 Å². The van der Waals surface area contributed by atoms with Crippen LogP contribution in [0.1, 0.15) is 18.1 Å². The zero-order valence-electron chi connectivity index (χ0n) is 13.6. The first kappa shape index (κ1) is 15.2. The number of benzene rings is 3. The lowest BCUT2D eigenvalue weighted by Gasteiger charge is -2.24. The Labute approximate surface area is 142 Å². The van der Waals surface area contributed by atoms with Crippen LogP contribution in [0.5, 0.6) is 0 Å². The predicted molar refractivity (Wildman–Crippen MR) is 98.0 cm³/mol. The Morgan fingerprint density at radius 1 is 0.875 bits per heavy atom. The van der Waals surface area contributed by atoms with Crippen molar-refractivity contribution in [2.75, 3.05) is 10.8 Å². The van der Waals surface area contributed by atoms with Crippen LogP contribution >= 0.6 is 0 Å². The third-order valence-electron chi connectivity index (χ3n) is 4.74. The summed E-state index contributed by atoms with van der Waals surface area (Å²) >= 11 is 0. The van der Waals surface area contributed by atoms with Crippen molar-refractivity contribution in [1.29, 1.82) is 0 Å². The van der Waals surface area contributed by atoms with Gasteiger partial charge in [0.2, 0.25) is 0 Å². The fourth-order valence-electron chi connectivity index (χ4n) is 3.65. The Morgan fingerprint density at radius 2 is 1.58 bits per heavy atom. The molecule has 0 aromatic heterocycles. The van der Waals surface area contributed by atoms with Crippen LogP contribution in [-0.2, 0) is 22.9 Å². The molecule has 0 spiro atoms. The molecule has 0 atom stereocenters. The third kappa shape index (κ3) is 2.21. The molecule has 0 saturated carbocycles. The highest BCUT2D eigenvalue weighted by molar-refractivity contribution is 7.93. The Balaban J connectivity index is 1.94. The van der Waals surface area contributed by atoms with Crippen molar-refractivity contribution < 1.29 is 8.42 Å². The summed E-state index contributed by atoms with van der Waals surface area (Å²) in [4.78, 5) is 0.399. The summed E-state index contributed by atoms with van der Waals surface area (Å²) in [5.74, 6) is 0. The highest BCUT2D eigenvalue weighted by Gasteiger charge is 2.27. The van der Waals surface area contributed by atoms with Crippen molar-refractivity contribution in [2.24, 2.45) is 0 Å². The molecule has 1 aliphatic carbocycles. The molecule has 0 bridgehead atoms. The average Bonchev–Trinajstić information content (AvgIpc) is 3.02. The monoisotopic (exact) mass is 337 g/mol. The number of hydrogen-bond acceptors (Lipinski definition) is 2. The Morgan fingerprint density at radius 3 is 2.29 bits per heavy atom. The van der Waals surface area contributed by atoms with Crippen LogP contribution in [0.4, 0.5) is 5.69 Å². The van der Waals surface area contributed by atoms with E-state index in [9.17, 15) is 8.42 Å². The molecule has 0 radical (unpaired) electrons. The molecule has 0 unspecified atom stereocenters. The van der Waals surface area contributed by atoms with Gasteiger partial charge < -0.3 is 0 Å². The quantitative estimate of drug-likeness (QED) is 0.717. The van der Waals surface area contributed by atoms with E-state index in [2.05, 4.69) is 6.07 Å². The summed E-state index contributed by atoms with van der Waals surface area (Å²) in [7, 11) is -3.60. The second-order valence-electron chi connectivity index (χ2n) is 6.07. The molecular formula is C20H19NO2S. The number of hydrogen-bond donors (Lipinski definition) is 0. The molecule has 1 aliphatic rings. The standard InChI is InChI=1S/C20H19NO2S/c1-2-21(17-8-4-3-5-9-17)24(22,23)19-14-13-16-12-11-15-7-6-10-18(19)20(15)16/h3-10,13-14H,2,11-12H2,1H3. The number of para-hydroxylation sites is 1. The first-order valence-electron chi connectivity index (χ1n) is 8.24. The van der Waals surface area contributed by atoms with E-state index in [1.165, 1.54) is 15.4 Å². The summed E-state index contributed by atoms with van der Waals surface area (Å²) < 4.78 is 28.2. The second kappa shape index (κ2) is 5.64. The molecule has 0 saturated heterocycles. The van der Waals surface area contributed by atoms with Gasteiger partial charge in [-0.05, 0) is 54.5 Å². The van der Waals surface area contributed by atoms with E-state index in [1.807, 2.05) is 55.5 Å². The number of anilines is 1. The van der Waals surface area contributed by atoms with Gasteiger partial charge in [-0.3, -0.25) is 4.31 Å². The van der Waals surface area contributed by atoms with Crippen molar-refractivity contribution in [3.63, 3.8) is 0 Å². The van der Waals surface area contributed by atoms with E-state index < -0.39 is 10.0 Å². The molecule has 3 nitrogen and oxygen atoms in total. The molecule has 4 heteroatoms. The minimum Gasteiger partial charge on any atom is -0.267 e. The number of aryl methyl sites for hydroxylation is 2. The van der Waals surface area contributed by atoms with Gasteiger partial charge in [-0.25, -0.2) is 8.42 Å². The minimum absolute atomic E-state index is 0.398. The molecule has 0 aliphatic heterocycles. The smallest absolute Gasteiger partial charge is 0.264 e. The van der Waals surface area contributed by atoms with Crippen molar-refractivity contribution in [2.45, 2.75) is 24.7 Å². The van der Waals surface area contributed by atoms with E-state index in [1.54, 1.807) is 6.07 Å². The SMILES string of the molecule is CCN(c1ccccc1)S(=O)(=O)c1ccc2c3c(cccc13)CC2. The van der Waals surface area contributed by atoms with Gasteiger partial charge in [0, 0.05) is 11.9 Å². The Bertz CT molecular complexity index is 1000. The van der Waals surface area contributed by atoms with E-state index in [-0.39, 0.29) is 0 Å². The van der Waals surface area contributed by atoms with Gasteiger partial charge in [0.1, 0.15) is 0 Å². The Kier molecular flexibility index (Phi) is 3.57. The van der Waals surface area contributed by atoms with Crippen molar-refractivity contribution >= 4 is 26.5 Å². The molecule has 0 amide bonds. The van der Waals surface area contributed by atoms with Crippen LogP contribution < -0.4 is 4.31 Å². The van der Waals surface area contributed by atoms with Gasteiger partial charge in [-0.15, -0.1) is 0 Å². The number of nitrogens with zero attached hydrogens (tertiary/aromatic N) is 1. The second-order valence-corrected chi connectivity index (χ2v) is 7.90. The van der Waals surface area contributed by atoms with Gasteiger partial charge in [-0.1, -0.05) is 42.5 Å². The largest absolute Gasteiger partial charge is 0.267 e. The third-order valence-corrected chi connectivity index (χ3v) is 6.70. The molecule has 0 N–H and O–H groups in total. The molecule has 122 valence electrons. The van der Waals surface area contributed by atoms with Crippen molar-refractivity contribution in [3.05, 3.63) is 71.8 Å². The molecule has 0 fully saturated rings. The van der Waals surface area contributed by atoms with Gasteiger partial charge in [0.05, 0.1) is 10.6 Å². The van der Waals surface area contributed by atoms with Gasteiger partial charge in [0.25, 0.3) is 10.0 Å². The lowest BCUT2D eigenvalue weighted by Crippen LogP contribution is -2.30. The van der Waals surface area contributed by atoms with Crippen LogP contribution in [0.15, 0.2) is 65.6 Å². The van der Waals surface area contributed by atoms with Crippen LogP contribution in [0.25, 0.3) is 10.8 Å². The van der Waals surface area contributed by atoms with Crippen LogP contribution in [-0.4, -0.2) is 15.0 Å². The molecule has 3 aromatic carbocycles. The number of rotatable bonds is 4. The van der Waals surface area contributed by atoms with Crippen LogP contribution in [0.3, 0.4) is 0 Å². The van der Waals surface area contributed by atoms with E-state index in [4.69, 9.17) is 0 Å². The van der Waals surface area contributed by atoms with Crippen molar-refractivity contribution in [1.82, 2.24) is 0 Å². The average molecular weight is 337 g/mol. The van der Waals surface area contributed by atoms with Crippen LogP contribution in [0, 0.1) is 0 Å². The van der Waals surface area contributed by atoms with Crippen molar-refractivity contribution in [3.8, 4) is 0 Å². The fourth-order valence-corrected chi connectivity index (χ4v) is 5.31. The Hall–Kier alpha value is -2.33. The molecular weight excluding hydrogens is 318 g/mol. The number of sulfonamides is 1. The highest BCUT2D eigenvalue weighted by Crippen LogP contribution is 2.36. The van der Waals surface area contributed by atoms with Gasteiger partial charge in [-0.2, -0.15) is 0 Å². The molecule has 4 rings (SSSR count). The lowest BCUT2D eigenvalue weighted by atomic mass is 10.1. The van der Waals surface area contributed by atoms with E-state index >= 15 is 0 Å². The summed E-state index contributed by atoms with van der Waals surface area (Å²) in [5.41, 5.74) is 3.20.